The van der Waals surface area contributed by atoms with Crippen molar-refractivity contribution in [1.29, 1.82) is 5.26 Å². The van der Waals surface area contributed by atoms with E-state index in [9.17, 15) is 13.2 Å². The number of hydrogen-bond acceptors (Lipinski definition) is 5. The molecule has 0 atom stereocenters. The molecule has 25 heavy (non-hydrogen) atoms. The maximum Gasteiger partial charge on any atom is 0.573 e. The fraction of sp³-hybridized carbons (Fsp3) is 0.0625. The molecule has 0 saturated heterocycles. The second-order valence-corrected chi connectivity index (χ2v) is 4.97. The number of nitrogens with zero attached hydrogens (tertiary/aromatic N) is 4. The number of nitrogen functional groups attached to an aromatic ring is 1. The van der Waals surface area contributed by atoms with Crippen molar-refractivity contribution in [1.82, 2.24) is 14.8 Å². The lowest BCUT2D eigenvalue weighted by Crippen LogP contribution is -2.17. The maximum atomic E-state index is 12.2. The van der Waals surface area contributed by atoms with Gasteiger partial charge in [0.25, 0.3) is 0 Å². The van der Waals surface area contributed by atoms with Crippen molar-refractivity contribution in [3.63, 3.8) is 0 Å². The van der Waals surface area contributed by atoms with Gasteiger partial charge in [-0.25, -0.2) is 9.67 Å². The van der Waals surface area contributed by atoms with Crippen LogP contribution in [0.15, 0.2) is 48.8 Å². The first-order valence-corrected chi connectivity index (χ1v) is 6.93. The van der Waals surface area contributed by atoms with E-state index in [1.165, 1.54) is 35.3 Å². The summed E-state index contributed by atoms with van der Waals surface area (Å²) in [6.07, 6.45) is -3.33. The number of ether oxygens (including phenoxy) is 1. The average Bonchev–Trinajstić information content (AvgIpc) is 3.04. The van der Waals surface area contributed by atoms with Crippen molar-refractivity contribution < 1.29 is 17.9 Å². The Kier molecular flexibility index (Phi) is 4.02. The molecule has 0 radical (unpaired) electrons. The van der Waals surface area contributed by atoms with Crippen LogP contribution in [0, 0.1) is 11.3 Å². The number of aromatic nitrogens is 3. The number of anilines is 1. The number of nitriles is 1. The van der Waals surface area contributed by atoms with Gasteiger partial charge in [-0.05, 0) is 42.5 Å². The van der Waals surface area contributed by atoms with Crippen LogP contribution in [0.4, 0.5) is 18.9 Å². The Morgan fingerprint density at radius 3 is 2.48 bits per heavy atom. The molecule has 1 aromatic heterocycles. The highest BCUT2D eigenvalue weighted by molar-refractivity contribution is 5.65. The van der Waals surface area contributed by atoms with Crippen LogP contribution in [0.2, 0.25) is 0 Å². The normalized spacial score (nSPS) is 11.1. The predicted octanol–water partition coefficient (Wildman–Crippen LogP) is 3.29. The molecule has 0 unspecified atom stereocenters. The Morgan fingerprint density at radius 2 is 1.84 bits per heavy atom. The number of alkyl halides is 3. The van der Waals surface area contributed by atoms with Crippen molar-refractivity contribution >= 4 is 5.69 Å². The van der Waals surface area contributed by atoms with Crippen LogP contribution in [0.5, 0.6) is 5.75 Å². The van der Waals surface area contributed by atoms with Gasteiger partial charge >= 0.3 is 6.36 Å². The molecule has 9 heteroatoms. The van der Waals surface area contributed by atoms with E-state index >= 15 is 0 Å². The van der Waals surface area contributed by atoms with Gasteiger partial charge < -0.3 is 10.5 Å². The third-order valence-corrected chi connectivity index (χ3v) is 3.26. The topological polar surface area (TPSA) is 89.8 Å². The van der Waals surface area contributed by atoms with Gasteiger partial charge in [0.1, 0.15) is 18.1 Å². The summed E-state index contributed by atoms with van der Waals surface area (Å²) in [4.78, 5) is 4.14. The van der Waals surface area contributed by atoms with E-state index in [0.29, 0.717) is 28.3 Å². The first-order valence-electron chi connectivity index (χ1n) is 6.93. The lowest BCUT2D eigenvalue weighted by atomic mass is 10.1. The van der Waals surface area contributed by atoms with Gasteiger partial charge in [0, 0.05) is 11.3 Å². The molecule has 0 spiro atoms. The van der Waals surface area contributed by atoms with Crippen molar-refractivity contribution in [2.45, 2.75) is 6.36 Å². The van der Waals surface area contributed by atoms with Gasteiger partial charge in [-0.15, -0.1) is 18.3 Å². The smallest absolute Gasteiger partial charge is 0.406 e. The molecule has 0 amide bonds. The van der Waals surface area contributed by atoms with E-state index in [1.807, 2.05) is 6.07 Å². The third-order valence-electron chi connectivity index (χ3n) is 3.26. The summed E-state index contributed by atoms with van der Waals surface area (Å²) in [6.45, 7) is 0. The second-order valence-electron chi connectivity index (χ2n) is 4.97. The lowest BCUT2D eigenvalue weighted by molar-refractivity contribution is -0.274. The van der Waals surface area contributed by atoms with Gasteiger partial charge in [-0.1, -0.05) is 0 Å². The zero-order valence-corrected chi connectivity index (χ0v) is 12.5. The van der Waals surface area contributed by atoms with E-state index in [-0.39, 0.29) is 5.75 Å². The van der Waals surface area contributed by atoms with Crippen molar-refractivity contribution in [3.8, 4) is 28.9 Å². The van der Waals surface area contributed by atoms with Crippen LogP contribution in [0.1, 0.15) is 5.56 Å². The zero-order valence-electron chi connectivity index (χ0n) is 12.5. The number of benzene rings is 2. The first-order chi connectivity index (χ1) is 11.9. The van der Waals surface area contributed by atoms with E-state index < -0.39 is 6.36 Å². The number of hydrogen-bond donors (Lipinski definition) is 1. The van der Waals surface area contributed by atoms with Crippen LogP contribution in [-0.4, -0.2) is 21.1 Å². The van der Waals surface area contributed by atoms with E-state index in [4.69, 9.17) is 11.0 Å². The standard InChI is InChI=1S/C16H10F3N5O/c17-16(18,19)25-13-4-2-12(3-5-13)24-9-22-15(23-24)10-1-6-14(21)11(7-10)8-20/h1-7,9H,21H2. The van der Waals surface area contributed by atoms with Crippen molar-refractivity contribution in [3.05, 3.63) is 54.4 Å². The summed E-state index contributed by atoms with van der Waals surface area (Å²) in [7, 11) is 0. The van der Waals surface area contributed by atoms with Gasteiger partial charge in [0.05, 0.1) is 11.3 Å². The molecular formula is C16H10F3N5O. The molecule has 0 fully saturated rings. The highest BCUT2D eigenvalue weighted by Crippen LogP contribution is 2.24. The Morgan fingerprint density at radius 1 is 1.12 bits per heavy atom. The molecule has 0 aliphatic heterocycles. The summed E-state index contributed by atoms with van der Waals surface area (Å²) in [5, 5.41) is 13.3. The third kappa shape index (κ3) is 3.69. The molecule has 0 aliphatic rings. The van der Waals surface area contributed by atoms with E-state index in [1.54, 1.807) is 18.2 Å². The Balaban J connectivity index is 1.85. The monoisotopic (exact) mass is 345 g/mol. The molecule has 2 aromatic carbocycles. The SMILES string of the molecule is N#Cc1cc(-c2ncn(-c3ccc(OC(F)(F)F)cc3)n2)ccc1N. The van der Waals surface area contributed by atoms with Crippen LogP contribution >= 0.6 is 0 Å². The zero-order chi connectivity index (χ0) is 18.0. The summed E-state index contributed by atoms with van der Waals surface area (Å²) in [5.41, 5.74) is 7.43. The molecule has 0 aliphatic carbocycles. The Bertz CT molecular complexity index is 942. The van der Waals surface area contributed by atoms with Crippen LogP contribution in [0.25, 0.3) is 17.1 Å². The summed E-state index contributed by atoms with van der Waals surface area (Å²) in [5.74, 6) is 0.0286. The highest BCUT2D eigenvalue weighted by atomic mass is 19.4. The number of nitrogens with two attached hydrogens (primary N) is 1. The van der Waals surface area contributed by atoms with Crippen LogP contribution < -0.4 is 10.5 Å². The fourth-order valence-electron chi connectivity index (χ4n) is 2.11. The first kappa shape index (κ1) is 16.3. The quantitative estimate of drug-likeness (QED) is 0.736. The molecule has 6 nitrogen and oxygen atoms in total. The molecule has 1 heterocycles. The van der Waals surface area contributed by atoms with Crippen LogP contribution in [-0.2, 0) is 0 Å². The van der Waals surface area contributed by atoms with Gasteiger partial charge in [0.15, 0.2) is 5.82 Å². The molecule has 0 saturated carbocycles. The van der Waals surface area contributed by atoms with Gasteiger partial charge in [-0.3, -0.25) is 0 Å². The molecular weight excluding hydrogens is 335 g/mol. The van der Waals surface area contributed by atoms with Gasteiger partial charge in [0.2, 0.25) is 0 Å². The van der Waals surface area contributed by atoms with Gasteiger partial charge in [-0.2, -0.15) is 5.26 Å². The van der Waals surface area contributed by atoms with E-state index in [2.05, 4.69) is 14.8 Å². The minimum atomic E-state index is -4.74. The minimum absolute atomic E-state index is 0.308. The molecule has 3 aromatic rings. The molecule has 2 N–H and O–H groups in total. The lowest BCUT2D eigenvalue weighted by Gasteiger charge is -2.09. The summed E-state index contributed by atoms with van der Waals surface area (Å²) >= 11 is 0. The molecule has 0 bridgehead atoms. The largest absolute Gasteiger partial charge is 0.573 e. The van der Waals surface area contributed by atoms with Crippen molar-refractivity contribution in [2.75, 3.05) is 5.73 Å². The Hall–Kier alpha value is -3.54. The average molecular weight is 345 g/mol. The summed E-state index contributed by atoms with van der Waals surface area (Å²) < 4.78 is 41.7. The predicted molar refractivity (Wildman–Crippen MR) is 82.6 cm³/mol. The summed E-state index contributed by atoms with van der Waals surface area (Å²) in [6, 6.07) is 12.0. The fourth-order valence-corrected chi connectivity index (χ4v) is 2.11. The van der Waals surface area contributed by atoms with E-state index in [0.717, 1.165) is 0 Å². The van der Waals surface area contributed by atoms with Crippen LogP contribution in [0.3, 0.4) is 0 Å². The van der Waals surface area contributed by atoms with Crippen molar-refractivity contribution in [2.24, 2.45) is 0 Å². The second kappa shape index (κ2) is 6.16. The highest BCUT2D eigenvalue weighted by Gasteiger charge is 2.30. The molecule has 126 valence electrons. The maximum absolute atomic E-state index is 12.2. The number of rotatable bonds is 3. The number of halogens is 3. The minimum Gasteiger partial charge on any atom is -0.406 e. The Labute approximate surface area is 139 Å². The molecule has 3 rings (SSSR count).